The van der Waals surface area contributed by atoms with Crippen LogP contribution in [-0.2, 0) is 24.2 Å². The molecule has 0 bridgehead atoms. The monoisotopic (exact) mass is 482 g/mol. The fourth-order valence-corrected chi connectivity index (χ4v) is 5.61. The molecule has 3 amide bonds. The van der Waals surface area contributed by atoms with E-state index in [1.807, 2.05) is 48.5 Å². The number of aromatic nitrogens is 1. The normalized spacial score (nSPS) is 21.1. The Morgan fingerprint density at radius 1 is 0.917 bits per heavy atom. The third-order valence-corrected chi connectivity index (χ3v) is 7.66. The first kappa shape index (κ1) is 24.2. The van der Waals surface area contributed by atoms with E-state index in [1.54, 1.807) is 6.20 Å². The Labute approximate surface area is 213 Å². The van der Waals surface area contributed by atoms with Crippen LogP contribution >= 0.6 is 0 Å². The summed E-state index contributed by atoms with van der Waals surface area (Å²) in [5.41, 5.74) is 3.62. The number of carbonyl (C=O) groups is 2. The van der Waals surface area contributed by atoms with Gasteiger partial charge in [0.15, 0.2) is 0 Å². The van der Waals surface area contributed by atoms with Gasteiger partial charge in [-0.1, -0.05) is 66.2 Å². The van der Waals surface area contributed by atoms with Gasteiger partial charge in [-0.25, -0.2) is 4.79 Å². The summed E-state index contributed by atoms with van der Waals surface area (Å²) in [4.78, 5) is 35.4. The maximum Gasteiger partial charge on any atom is 0.325 e. The van der Waals surface area contributed by atoms with Crippen molar-refractivity contribution in [3.63, 3.8) is 0 Å². The van der Waals surface area contributed by atoms with Crippen molar-refractivity contribution in [1.82, 2.24) is 20.1 Å². The minimum absolute atomic E-state index is 0.0864. The molecule has 1 aromatic heterocycles. The second-order valence-corrected chi connectivity index (χ2v) is 10.1. The van der Waals surface area contributed by atoms with Crippen molar-refractivity contribution in [2.24, 2.45) is 5.92 Å². The standard InChI is InChI=1S/C30H34N4O2/c1-23-10-12-25(13-11-23)22-33-18-14-26(15-19-33)30(21-24-7-3-2-4-8-24)28(35)34(29(36)32-30)20-16-27-9-5-6-17-31-27/h2-13,17,26H,14-16,18-22H2,1H3,(H,32,36)/t30-/m1/s1. The van der Waals surface area contributed by atoms with Crippen LogP contribution in [0.5, 0.6) is 0 Å². The van der Waals surface area contributed by atoms with Gasteiger partial charge in [0.25, 0.3) is 5.91 Å². The molecule has 36 heavy (non-hydrogen) atoms. The topological polar surface area (TPSA) is 65.5 Å². The molecule has 0 radical (unpaired) electrons. The van der Waals surface area contributed by atoms with Crippen LogP contribution in [0.25, 0.3) is 0 Å². The molecule has 1 atom stereocenters. The number of piperidine rings is 1. The average molecular weight is 483 g/mol. The van der Waals surface area contributed by atoms with Crippen LogP contribution in [0.2, 0.25) is 0 Å². The zero-order valence-corrected chi connectivity index (χ0v) is 20.9. The Kier molecular flexibility index (Phi) is 7.14. The Hall–Kier alpha value is -3.51. The number of nitrogens with zero attached hydrogens (tertiary/aromatic N) is 3. The molecule has 2 aliphatic rings. The first-order chi connectivity index (χ1) is 17.5. The average Bonchev–Trinajstić information content (AvgIpc) is 3.15. The van der Waals surface area contributed by atoms with Gasteiger partial charge in [-0.2, -0.15) is 0 Å². The molecule has 2 aromatic carbocycles. The second kappa shape index (κ2) is 10.6. The number of hydrogen-bond acceptors (Lipinski definition) is 4. The summed E-state index contributed by atoms with van der Waals surface area (Å²) in [6.45, 7) is 5.17. The van der Waals surface area contributed by atoms with Crippen molar-refractivity contribution in [1.29, 1.82) is 0 Å². The summed E-state index contributed by atoms with van der Waals surface area (Å²) < 4.78 is 0. The van der Waals surface area contributed by atoms with Crippen molar-refractivity contribution < 1.29 is 9.59 Å². The molecule has 0 spiro atoms. The zero-order chi connectivity index (χ0) is 25.0. The SMILES string of the molecule is Cc1ccc(CN2CCC([C@@]3(Cc4ccccc4)NC(=O)N(CCc4ccccn4)C3=O)CC2)cc1. The van der Waals surface area contributed by atoms with Crippen molar-refractivity contribution in [3.8, 4) is 0 Å². The predicted molar refractivity (Wildman–Crippen MR) is 140 cm³/mol. The van der Waals surface area contributed by atoms with Crippen LogP contribution in [0.1, 0.15) is 35.2 Å². The summed E-state index contributed by atoms with van der Waals surface area (Å²) in [5.74, 6) is -0.00690. The van der Waals surface area contributed by atoms with Crippen LogP contribution in [0.3, 0.4) is 0 Å². The molecular formula is C30H34N4O2. The lowest BCUT2D eigenvalue weighted by Crippen LogP contribution is -2.57. The van der Waals surface area contributed by atoms with E-state index in [2.05, 4.69) is 46.4 Å². The fourth-order valence-electron chi connectivity index (χ4n) is 5.61. The number of imide groups is 1. The zero-order valence-electron chi connectivity index (χ0n) is 20.9. The summed E-state index contributed by atoms with van der Waals surface area (Å²) in [6, 6.07) is 24.2. The molecule has 5 rings (SSSR count). The number of rotatable bonds is 8. The van der Waals surface area contributed by atoms with Gasteiger partial charge in [0.05, 0.1) is 0 Å². The Balaban J connectivity index is 1.32. The molecule has 3 heterocycles. The van der Waals surface area contributed by atoms with Gasteiger partial charge in [-0.15, -0.1) is 0 Å². The van der Waals surface area contributed by atoms with Gasteiger partial charge in [-0.3, -0.25) is 19.6 Å². The Bertz CT molecular complexity index is 1170. The molecule has 0 aliphatic carbocycles. The van der Waals surface area contributed by atoms with Gasteiger partial charge in [0.2, 0.25) is 0 Å². The van der Waals surface area contributed by atoms with E-state index in [1.165, 1.54) is 16.0 Å². The van der Waals surface area contributed by atoms with Crippen LogP contribution < -0.4 is 5.32 Å². The number of hydrogen-bond donors (Lipinski definition) is 1. The van der Waals surface area contributed by atoms with Crippen LogP contribution in [0, 0.1) is 12.8 Å². The summed E-state index contributed by atoms with van der Waals surface area (Å²) in [6.07, 6.45) is 4.56. The number of carbonyl (C=O) groups excluding carboxylic acids is 2. The first-order valence-electron chi connectivity index (χ1n) is 12.9. The maximum atomic E-state index is 14.0. The maximum absolute atomic E-state index is 14.0. The largest absolute Gasteiger partial charge is 0.325 e. The molecule has 3 aromatic rings. The van der Waals surface area contributed by atoms with Crippen molar-refractivity contribution in [2.75, 3.05) is 19.6 Å². The summed E-state index contributed by atoms with van der Waals surface area (Å²) >= 11 is 0. The second-order valence-electron chi connectivity index (χ2n) is 10.1. The molecule has 6 nitrogen and oxygen atoms in total. The van der Waals surface area contributed by atoms with E-state index in [0.29, 0.717) is 19.4 Å². The van der Waals surface area contributed by atoms with E-state index in [4.69, 9.17) is 0 Å². The highest BCUT2D eigenvalue weighted by Crippen LogP contribution is 2.37. The summed E-state index contributed by atoms with van der Waals surface area (Å²) in [7, 11) is 0. The van der Waals surface area contributed by atoms with Crippen molar-refractivity contribution >= 4 is 11.9 Å². The number of pyridine rings is 1. The molecule has 2 aliphatic heterocycles. The molecule has 1 N–H and O–H groups in total. The van der Waals surface area contributed by atoms with Crippen LogP contribution in [0.4, 0.5) is 4.79 Å². The molecule has 6 heteroatoms. The number of amides is 3. The Morgan fingerprint density at radius 3 is 2.33 bits per heavy atom. The molecule has 186 valence electrons. The van der Waals surface area contributed by atoms with Gasteiger partial charge in [0, 0.05) is 37.8 Å². The predicted octanol–water partition coefficient (Wildman–Crippen LogP) is 4.38. The van der Waals surface area contributed by atoms with Gasteiger partial charge in [-0.05, 0) is 62.0 Å². The number of benzene rings is 2. The van der Waals surface area contributed by atoms with Crippen molar-refractivity contribution in [2.45, 2.75) is 44.7 Å². The number of aryl methyl sites for hydroxylation is 1. The highest BCUT2D eigenvalue weighted by molar-refractivity contribution is 6.07. The minimum Gasteiger partial charge on any atom is -0.322 e. The van der Waals surface area contributed by atoms with Gasteiger partial charge in [0.1, 0.15) is 5.54 Å². The molecule has 0 saturated carbocycles. The van der Waals surface area contributed by atoms with Gasteiger partial charge >= 0.3 is 6.03 Å². The van der Waals surface area contributed by atoms with Crippen LogP contribution in [-0.4, -0.2) is 51.9 Å². The van der Waals surface area contributed by atoms with Gasteiger partial charge < -0.3 is 5.32 Å². The van der Waals surface area contributed by atoms with E-state index < -0.39 is 5.54 Å². The Morgan fingerprint density at radius 2 is 1.64 bits per heavy atom. The molecular weight excluding hydrogens is 448 g/mol. The highest BCUT2D eigenvalue weighted by atomic mass is 16.2. The third kappa shape index (κ3) is 5.19. The quantitative estimate of drug-likeness (QED) is 0.484. The van der Waals surface area contributed by atoms with E-state index >= 15 is 0 Å². The summed E-state index contributed by atoms with van der Waals surface area (Å²) in [5, 5.41) is 3.19. The van der Waals surface area contributed by atoms with Crippen molar-refractivity contribution in [3.05, 3.63) is 101 Å². The minimum atomic E-state index is -0.904. The van der Waals surface area contributed by atoms with E-state index in [-0.39, 0.29) is 17.9 Å². The molecule has 2 saturated heterocycles. The lowest BCUT2D eigenvalue weighted by atomic mass is 9.74. The lowest BCUT2D eigenvalue weighted by molar-refractivity contribution is -0.134. The highest BCUT2D eigenvalue weighted by Gasteiger charge is 2.55. The molecule has 2 fully saturated rings. The number of likely N-dealkylation sites (tertiary alicyclic amines) is 1. The number of urea groups is 1. The fraction of sp³-hybridized carbons (Fsp3) is 0.367. The van der Waals surface area contributed by atoms with Crippen LogP contribution in [0.15, 0.2) is 79.0 Å². The lowest BCUT2D eigenvalue weighted by Gasteiger charge is -2.41. The van der Waals surface area contributed by atoms with E-state index in [9.17, 15) is 9.59 Å². The third-order valence-electron chi connectivity index (χ3n) is 7.66. The molecule has 0 unspecified atom stereocenters. The first-order valence-corrected chi connectivity index (χ1v) is 12.9. The van der Waals surface area contributed by atoms with E-state index in [0.717, 1.165) is 43.7 Å². The number of nitrogens with one attached hydrogen (secondary N) is 1. The smallest absolute Gasteiger partial charge is 0.322 e.